The van der Waals surface area contributed by atoms with Crippen LogP contribution in [-0.4, -0.2) is 96.7 Å². The largest absolute Gasteiger partial charge is 0.472 e. The molecule has 0 heterocycles. The van der Waals surface area contributed by atoms with Crippen molar-refractivity contribution in [2.24, 2.45) is 17.8 Å². The highest BCUT2D eigenvalue weighted by Gasteiger charge is 2.30. The standard InChI is InChI=1S/C82H160O17P2/c1-8-10-11-12-13-14-15-16-17-18-19-20-26-31-36-41-49-56-63-79(84)92-69-77(98-81(86)65-58-51-42-37-32-27-22-21-25-30-35-40-48-55-62-75(7)9-2)71-96-100(88,89)94-67-76(83)68-95-101(90,91)97-72-78(70-93-80(85)64-57-50-45-44-47-54-61-74(5)6)99-82(87)66-59-52-43-38-33-28-23-24-29-34-39-46-53-60-73(3)4/h73-78,83H,8-72H2,1-7H3,(H,88,89)(H,90,91)/t75?,76-,77-,78-/m1/s1. The van der Waals surface area contributed by atoms with Crippen LogP contribution < -0.4 is 0 Å². The molecule has 0 saturated carbocycles. The van der Waals surface area contributed by atoms with Crippen molar-refractivity contribution < 1.29 is 80.2 Å². The number of hydrogen-bond donors (Lipinski definition) is 3. The zero-order valence-corrected chi connectivity index (χ0v) is 68.2. The number of aliphatic hydroxyl groups is 1. The molecule has 0 aliphatic carbocycles. The van der Waals surface area contributed by atoms with E-state index < -0.39 is 97.5 Å². The van der Waals surface area contributed by atoms with Crippen LogP contribution >= 0.6 is 15.6 Å². The van der Waals surface area contributed by atoms with Crippen molar-refractivity contribution in [1.82, 2.24) is 0 Å². The fourth-order valence-electron chi connectivity index (χ4n) is 12.6. The van der Waals surface area contributed by atoms with Gasteiger partial charge in [0.1, 0.15) is 19.3 Å². The van der Waals surface area contributed by atoms with E-state index in [1.165, 1.54) is 231 Å². The summed E-state index contributed by atoms with van der Waals surface area (Å²) in [4.78, 5) is 73.0. The van der Waals surface area contributed by atoms with Crippen molar-refractivity contribution in [2.75, 3.05) is 39.6 Å². The molecule has 19 heteroatoms. The van der Waals surface area contributed by atoms with Gasteiger partial charge in [0.2, 0.25) is 0 Å². The molecule has 17 nitrogen and oxygen atoms in total. The van der Waals surface area contributed by atoms with Crippen molar-refractivity contribution in [1.29, 1.82) is 0 Å². The summed E-state index contributed by atoms with van der Waals surface area (Å²) in [6, 6.07) is 0. The van der Waals surface area contributed by atoms with Crippen molar-refractivity contribution >= 4 is 39.5 Å². The third-order valence-corrected chi connectivity index (χ3v) is 21.4. The van der Waals surface area contributed by atoms with E-state index in [9.17, 15) is 43.2 Å². The Kier molecular flexibility index (Phi) is 70.9. The van der Waals surface area contributed by atoms with Gasteiger partial charge in [0, 0.05) is 25.7 Å². The predicted octanol–water partition coefficient (Wildman–Crippen LogP) is 24.5. The number of esters is 4. The lowest BCUT2D eigenvalue weighted by molar-refractivity contribution is -0.161. The number of phosphoric ester groups is 2. The summed E-state index contributed by atoms with van der Waals surface area (Å²) in [5.41, 5.74) is 0. The first-order chi connectivity index (χ1) is 48.8. The monoisotopic (exact) mass is 1480 g/mol. The van der Waals surface area contributed by atoms with Crippen molar-refractivity contribution in [3.63, 3.8) is 0 Å². The minimum atomic E-state index is -4.96. The molecule has 0 bridgehead atoms. The molecule has 0 aromatic heterocycles. The number of rotatable bonds is 80. The lowest BCUT2D eigenvalue weighted by Gasteiger charge is -2.21. The first kappa shape index (κ1) is 99.1. The summed E-state index contributed by atoms with van der Waals surface area (Å²) >= 11 is 0. The van der Waals surface area contributed by atoms with Crippen LogP contribution in [0.5, 0.6) is 0 Å². The van der Waals surface area contributed by atoms with Gasteiger partial charge in [-0.25, -0.2) is 9.13 Å². The van der Waals surface area contributed by atoms with Crippen molar-refractivity contribution in [3.05, 3.63) is 0 Å². The Hall–Kier alpha value is -1.94. The topological polar surface area (TPSA) is 237 Å². The number of aliphatic hydroxyl groups excluding tert-OH is 1. The Morgan fingerprint density at radius 2 is 0.505 bits per heavy atom. The molecule has 0 saturated heterocycles. The Morgan fingerprint density at radius 3 is 0.752 bits per heavy atom. The predicted molar refractivity (Wildman–Crippen MR) is 414 cm³/mol. The molecule has 0 rings (SSSR count). The van der Waals surface area contributed by atoms with E-state index in [4.69, 9.17) is 37.0 Å². The van der Waals surface area contributed by atoms with E-state index in [1.54, 1.807) is 0 Å². The van der Waals surface area contributed by atoms with Crippen LogP contribution in [0.3, 0.4) is 0 Å². The average Bonchev–Trinajstić information content (AvgIpc) is 0.970. The van der Waals surface area contributed by atoms with E-state index in [-0.39, 0.29) is 25.7 Å². The summed E-state index contributed by atoms with van der Waals surface area (Å²) < 4.78 is 68.7. The van der Waals surface area contributed by atoms with E-state index in [2.05, 4.69) is 48.5 Å². The van der Waals surface area contributed by atoms with Crippen LogP contribution in [0, 0.1) is 17.8 Å². The Labute approximate surface area is 619 Å². The molecule has 3 N–H and O–H groups in total. The molecule has 0 aliphatic rings. The number of phosphoric acid groups is 2. The third-order valence-electron chi connectivity index (χ3n) is 19.5. The van der Waals surface area contributed by atoms with Gasteiger partial charge >= 0.3 is 39.5 Å². The minimum absolute atomic E-state index is 0.106. The second kappa shape index (κ2) is 72.3. The zero-order valence-electron chi connectivity index (χ0n) is 66.4. The summed E-state index contributed by atoms with van der Waals surface area (Å²) in [6.07, 6.45) is 61.2. The average molecular weight is 1480 g/mol. The Balaban J connectivity index is 5.23. The molecule has 3 unspecified atom stereocenters. The Bertz CT molecular complexity index is 1960. The molecular weight excluding hydrogens is 1320 g/mol. The van der Waals surface area contributed by atoms with Gasteiger partial charge in [0.05, 0.1) is 26.4 Å². The second-order valence-corrected chi connectivity index (χ2v) is 33.6. The molecule has 600 valence electrons. The fourth-order valence-corrected chi connectivity index (χ4v) is 14.2. The fraction of sp³-hybridized carbons (Fsp3) is 0.951. The maximum atomic E-state index is 13.1. The number of unbranched alkanes of at least 4 members (excludes halogenated alkanes) is 47. The quantitative estimate of drug-likeness (QED) is 0.0222. The van der Waals surface area contributed by atoms with Crippen LogP contribution in [-0.2, 0) is 65.4 Å². The van der Waals surface area contributed by atoms with Gasteiger partial charge < -0.3 is 33.8 Å². The van der Waals surface area contributed by atoms with Crippen LogP contribution in [0.2, 0.25) is 0 Å². The normalized spacial score (nSPS) is 14.2. The maximum absolute atomic E-state index is 13.1. The van der Waals surface area contributed by atoms with Crippen LogP contribution in [0.4, 0.5) is 0 Å². The molecule has 0 aliphatic heterocycles. The first-order valence-electron chi connectivity index (χ1n) is 42.4. The molecule has 6 atom stereocenters. The number of carbonyl (C=O) groups excluding carboxylic acids is 4. The minimum Gasteiger partial charge on any atom is -0.462 e. The van der Waals surface area contributed by atoms with Crippen molar-refractivity contribution in [3.8, 4) is 0 Å². The number of ether oxygens (including phenoxy) is 4. The van der Waals surface area contributed by atoms with Gasteiger partial charge in [-0.2, -0.15) is 0 Å². The van der Waals surface area contributed by atoms with E-state index in [0.717, 1.165) is 108 Å². The number of hydrogen-bond acceptors (Lipinski definition) is 15. The molecule has 0 aromatic rings. The maximum Gasteiger partial charge on any atom is 0.472 e. The van der Waals surface area contributed by atoms with Crippen molar-refractivity contribution in [2.45, 2.75) is 446 Å². The van der Waals surface area contributed by atoms with Gasteiger partial charge in [0.25, 0.3) is 0 Å². The summed E-state index contributed by atoms with van der Waals surface area (Å²) in [5, 5.41) is 10.6. The van der Waals surface area contributed by atoms with E-state index >= 15 is 0 Å². The second-order valence-electron chi connectivity index (χ2n) is 30.7. The van der Waals surface area contributed by atoms with Crippen LogP contribution in [0.15, 0.2) is 0 Å². The SMILES string of the molecule is CCCCCCCCCCCCCCCCCCCCC(=O)OC[C@H](COP(=O)(O)OC[C@@H](O)COP(=O)(O)OC[C@@H](COC(=O)CCCCCCCCC(C)C)OC(=O)CCCCCCCCCCCCCCCC(C)C)OC(=O)CCCCCCCCCCCCCCCCC(C)CC. The Morgan fingerprint density at radius 1 is 0.287 bits per heavy atom. The van der Waals surface area contributed by atoms with Gasteiger partial charge in [-0.05, 0) is 43.4 Å². The smallest absolute Gasteiger partial charge is 0.462 e. The van der Waals surface area contributed by atoms with Gasteiger partial charge in [0.15, 0.2) is 12.2 Å². The molecule has 101 heavy (non-hydrogen) atoms. The molecular formula is C82H160O17P2. The lowest BCUT2D eigenvalue weighted by atomic mass is 9.99. The van der Waals surface area contributed by atoms with Gasteiger partial charge in [-0.15, -0.1) is 0 Å². The molecule has 0 fully saturated rings. The van der Waals surface area contributed by atoms with Gasteiger partial charge in [-0.1, -0.05) is 376 Å². The highest BCUT2D eigenvalue weighted by molar-refractivity contribution is 7.47. The lowest BCUT2D eigenvalue weighted by Crippen LogP contribution is -2.30. The molecule has 0 spiro atoms. The zero-order chi connectivity index (χ0) is 74.4. The van der Waals surface area contributed by atoms with E-state index in [1.807, 2.05) is 0 Å². The highest BCUT2D eigenvalue weighted by Crippen LogP contribution is 2.45. The molecule has 0 aromatic carbocycles. The summed E-state index contributed by atoms with van der Waals surface area (Å²) in [6.45, 7) is 11.9. The third kappa shape index (κ3) is 74.7. The van der Waals surface area contributed by atoms with Gasteiger partial charge in [-0.3, -0.25) is 37.3 Å². The highest BCUT2D eigenvalue weighted by atomic mass is 31.2. The molecule has 0 radical (unpaired) electrons. The van der Waals surface area contributed by atoms with Crippen LogP contribution in [0.1, 0.15) is 427 Å². The summed E-state index contributed by atoms with van der Waals surface area (Å²) in [5.74, 6) is 0.200. The van der Waals surface area contributed by atoms with E-state index in [0.29, 0.717) is 31.6 Å². The number of carbonyl (C=O) groups is 4. The summed E-state index contributed by atoms with van der Waals surface area (Å²) in [7, 11) is -9.92. The van der Waals surface area contributed by atoms with Crippen LogP contribution in [0.25, 0.3) is 0 Å². The molecule has 0 amide bonds. The first-order valence-corrected chi connectivity index (χ1v) is 45.4.